The lowest BCUT2D eigenvalue weighted by atomic mass is 9.68. The van der Waals surface area contributed by atoms with Crippen LogP contribution in [0.2, 0.25) is 0 Å². The molecule has 29 heavy (non-hydrogen) atoms. The summed E-state index contributed by atoms with van der Waals surface area (Å²) in [4.78, 5) is 25.8. The molecule has 1 saturated carbocycles. The fourth-order valence-corrected chi connectivity index (χ4v) is 4.48. The maximum Gasteiger partial charge on any atom is 0.407 e. The highest BCUT2D eigenvalue weighted by atomic mass is 19.1. The zero-order chi connectivity index (χ0) is 20.4. The van der Waals surface area contributed by atoms with Gasteiger partial charge < -0.3 is 19.7 Å². The quantitative estimate of drug-likeness (QED) is 0.786. The van der Waals surface area contributed by atoms with Gasteiger partial charge in [0.1, 0.15) is 6.61 Å². The van der Waals surface area contributed by atoms with Gasteiger partial charge in [-0.3, -0.25) is 9.18 Å². The molecule has 158 valence electrons. The molecule has 0 unspecified atom stereocenters. The lowest BCUT2D eigenvalue weighted by Crippen LogP contribution is -2.58. The number of alkyl carbamates (subject to hydrolysis) is 1. The minimum Gasteiger partial charge on any atom is -0.490 e. The summed E-state index contributed by atoms with van der Waals surface area (Å²) >= 11 is 0. The Kier molecular flexibility index (Phi) is 5.61. The fraction of sp³-hybridized carbons (Fsp3) is 0.619. The minimum atomic E-state index is -0.513. The van der Waals surface area contributed by atoms with Crippen molar-refractivity contribution in [2.24, 2.45) is 11.8 Å². The molecular weight excluding hydrogens is 382 g/mol. The Morgan fingerprint density at radius 3 is 2.69 bits per heavy atom. The first-order valence-corrected chi connectivity index (χ1v) is 10.2. The standard InChI is InChI=1S/C21H26F2N2O4/c22-6-3-14-1-2-18(17(23)9-14)28-12-15-4-7-25(8-5-15)19(26)16-10-21(11-16)13-29-20(27)24-21/h1-2,9,15-16H,3-8,10-13H2,(H,24,27)/t16-,21+. The average Bonchev–Trinajstić information content (AvgIpc) is 3.09. The molecule has 3 aliphatic rings. The van der Waals surface area contributed by atoms with Crippen molar-refractivity contribution in [3.8, 4) is 5.75 Å². The summed E-state index contributed by atoms with van der Waals surface area (Å²) in [5.74, 6) is 0.0729. The number of carbonyl (C=O) groups excluding carboxylic acids is 2. The van der Waals surface area contributed by atoms with Crippen molar-refractivity contribution < 1.29 is 27.8 Å². The summed E-state index contributed by atoms with van der Waals surface area (Å²) < 4.78 is 37.0. The van der Waals surface area contributed by atoms with Crippen molar-refractivity contribution in [2.45, 2.75) is 37.6 Å². The number of amides is 2. The molecule has 0 bridgehead atoms. The smallest absolute Gasteiger partial charge is 0.407 e. The van der Waals surface area contributed by atoms with Crippen LogP contribution in [0.15, 0.2) is 18.2 Å². The Bertz CT molecular complexity index is 774. The van der Waals surface area contributed by atoms with Crippen LogP contribution >= 0.6 is 0 Å². The van der Waals surface area contributed by atoms with Crippen LogP contribution in [-0.2, 0) is 16.0 Å². The van der Waals surface area contributed by atoms with Crippen LogP contribution in [-0.4, -0.2) is 55.4 Å². The van der Waals surface area contributed by atoms with Gasteiger partial charge in [-0.25, -0.2) is 9.18 Å². The van der Waals surface area contributed by atoms with Gasteiger partial charge in [-0.2, -0.15) is 0 Å². The molecule has 2 saturated heterocycles. The predicted octanol–water partition coefficient (Wildman–Crippen LogP) is 2.84. The Labute approximate surface area is 168 Å². The third kappa shape index (κ3) is 4.31. The minimum absolute atomic E-state index is 0.0540. The van der Waals surface area contributed by atoms with E-state index in [9.17, 15) is 18.4 Å². The Balaban J connectivity index is 1.20. The number of benzene rings is 1. The van der Waals surface area contributed by atoms with E-state index in [-0.39, 0.29) is 35.5 Å². The van der Waals surface area contributed by atoms with Crippen molar-refractivity contribution in [1.29, 1.82) is 0 Å². The number of aryl methyl sites for hydroxylation is 1. The summed E-state index contributed by atoms with van der Waals surface area (Å²) in [6, 6.07) is 4.55. The molecule has 1 aromatic rings. The molecule has 1 aromatic carbocycles. The molecule has 0 atom stereocenters. The highest BCUT2D eigenvalue weighted by Crippen LogP contribution is 2.41. The first-order chi connectivity index (χ1) is 14.0. The number of likely N-dealkylation sites (tertiary alicyclic amines) is 1. The number of piperidine rings is 1. The molecular formula is C21H26F2N2O4. The molecule has 0 radical (unpaired) electrons. The number of cyclic esters (lactones) is 1. The molecule has 2 heterocycles. The van der Waals surface area contributed by atoms with Gasteiger partial charge in [-0.05, 0) is 49.3 Å². The molecule has 2 aliphatic heterocycles. The van der Waals surface area contributed by atoms with Crippen LogP contribution in [0.5, 0.6) is 5.75 Å². The number of rotatable bonds is 6. The molecule has 2 amide bonds. The predicted molar refractivity (Wildman–Crippen MR) is 101 cm³/mol. The van der Waals surface area contributed by atoms with Gasteiger partial charge in [-0.1, -0.05) is 6.07 Å². The van der Waals surface area contributed by atoms with Crippen molar-refractivity contribution >= 4 is 12.0 Å². The number of ether oxygens (including phenoxy) is 2. The second kappa shape index (κ2) is 8.16. The van der Waals surface area contributed by atoms with Crippen LogP contribution < -0.4 is 10.1 Å². The number of hydrogen-bond donors (Lipinski definition) is 1. The van der Waals surface area contributed by atoms with Gasteiger partial charge in [0.05, 0.1) is 18.8 Å². The number of alkyl halides is 1. The number of nitrogens with one attached hydrogen (secondary N) is 1. The van der Waals surface area contributed by atoms with E-state index >= 15 is 0 Å². The largest absolute Gasteiger partial charge is 0.490 e. The molecule has 6 nitrogen and oxygen atoms in total. The molecule has 0 aromatic heterocycles. The average molecular weight is 408 g/mol. The van der Waals surface area contributed by atoms with E-state index in [0.29, 0.717) is 44.7 Å². The fourth-order valence-electron chi connectivity index (χ4n) is 4.48. The summed E-state index contributed by atoms with van der Waals surface area (Å²) in [6.45, 7) is 1.56. The van der Waals surface area contributed by atoms with E-state index in [1.165, 1.54) is 6.07 Å². The van der Waals surface area contributed by atoms with Gasteiger partial charge in [0.25, 0.3) is 0 Å². The highest BCUT2D eigenvalue weighted by molar-refractivity contribution is 5.81. The van der Waals surface area contributed by atoms with E-state index in [0.717, 1.165) is 12.8 Å². The lowest BCUT2D eigenvalue weighted by molar-refractivity contribution is -0.142. The summed E-state index contributed by atoms with van der Waals surface area (Å²) in [6.07, 6.45) is 2.70. The zero-order valence-corrected chi connectivity index (χ0v) is 16.3. The maximum atomic E-state index is 14.0. The molecule has 1 aliphatic carbocycles. The van der Waals surface area contributed by atoms with Crippen LogP contribution in [0.4, 0.5) is 13.6 Å². The van der Waals surface area contributed by atoms with Gasteiger partial charge >= 0.3 is 6.09 Å². The first-order valence-electron chi connectivity index (χ1n) is 10.2. The van der Waals surface area contributed by atoms with Gasteiger partial charge in [-0.15, -0.1) is 0 Å². The van der Waals surface area contributed by atoms with Gasteiger partial charge in [0, 0.05) is 25.4 Å². The Morgan fingerprint density at radius 2 is 2.07 bits per heavy atom. The summed E-state index contributed by atoms with van der Waals surface area (Å²) in [5.41, 5.74) is 0.276. The van der Waals surface area contributed by atoms with Crippen molar-refractivity contribution in [3.05, 3.63) is 29.6 Å². The van der Waals surface area contributed by atoms with Crippen LogP contribution in [0.25, 0.3) is 0 Å². The van der Waals surface area contributed by atoms with Crippen molar-refractivity contribution in [2.75, 3.05) is 33.0 Å². The van der Waals surface area contributed by atoms with Crippen LogP contribution in [0.1, 0.15) is 31.2 Å². The Morgan fingerprint density at radius 1 is 1.31 bits per heavy atom. The number of hydrogen-bond acceptors (Lipinski definition) is 4. The van der Waals surface area contributed by atoms with Crippen molar-refractivity contribution in [1.82, 2.24) is 10.2 Å². The Hall–Kier alpha value is -2.38. The molecule has 1 N–H and O–H groups in total. The van der Waals surface area contributed by atoms with E-state index in [1.807, 2.05) is 4.90 Å². The summed E-state index contributed by atoms with van der Waals surface area (Å²) in [5, 5.41) is 2.81. The van der Waals surface area contributed by atoms with Crippen molar-refractivity contribution in [3.63, 3.8) is 0 Å². The highest BCUT2D eigenvalue weighted by Gasteiger charge is 2.53. The maximum absolute atomic E-state index is 14.0. The number of carbonyl (C=O) groups is 2. The molecule has 4 rings (SSSR count). The van der Waals surface area contributed by atoms with E-state index < -0.39 is 18.6 Å². The zero-order valence-electron chi connectivity index (χ0n) is 16.3. The third-order valence-corrected chi connectivity index (χ3v) is 6.25. The van der Waals surface area contributed by atoms with E-state index in [2.05, 4.69) is 5.32 Å². The number of halogens is 2. The van der Waals surface area contributed by atoms with Crippen LogP contribution in [0, 0.1) is 17.7 Å². The normalized spacial score (nSPS) is 26.8. The van der Waals surface area contributed by atoms with E-state index in [4.69, 9.17) is 9.47 Å². The van der Waals surface area contributed by atoms with Gasteiger partial charge in [0.15, 0.2) is 11.6 Å². The monoisotopic (exact) mass is 408 g/mol. The van der Waals surface area contributed by atoms with E-state index in [1.54, 1.807) is 12.1 Å². The molecule has 8 heteroatoms. The van der Waals surface area contributed by atoms with Gasteiger partial charge in [0.2, 0.25) is 5.91 Å². The van der Waals surface area contributed by atoms with Crippen LogP contribution in [0.3, 0.4) is 0 Å². The SMILES string of the molecule is O=C1N[C@]2(CO1)C[C@H](C(=O)N1CCC(COc3ccc(CCF)cc3F)CC1)C2. The lowest BCUT2D eigenvalue weighted by Gasteiger charge is -2.44. The molecule has 1 spiro atoms. The number of nitrogens with zero attached hydrogens (tertiary/aromatic N) is 1. The molecule has 3 fully saturated rings. The third-order valence-electron chi connectivity index (χ3n) is 6.25. The first kappa shape index (κ1) is 19.9. The second-order valence-corrected chi connectivity index (χ2v) is 8.37. The topological polar surface area (TPSA) is 67.9 Å². The summed E-state index contributed by atoms with van der Waals surface area (Å²) in [7, 11) is 0. The second-order valence-electron chi connectivity index (χ2n) is 8.37.